The van der Waals surface area contributed by atoms with E-state index in [9.17, 15) is 9.59 Å². The summed E-state index contributed by atoms with van der Waals surface area (Å²) >= 11 is 1.08. The van der Waals surface area contributed by atoms with Gasteiger partial charge in [0.15, 0.2) is 0 Å². The van der Waals surface area contributed by atoms with Crippen LogP contribution in [0.3, 0.4) is 0 Å². The lowest BCUT2D eigenvalue weighted by molar-refractivity contribution is 0.0601. The molecule has 1 N–H and O–H groups in total. The summed E-state index contributed by atoms with van der Waals surface area (Å²) in [7, 11) is 2.93. The quantitative estimate of drug-likeness (QED) is 0.826. The fraction of sp³-hybridized carbons (Fsp3) is 0.389. The van der Waals surface area contributed by atoms with Crippen molar-refractivity contribution in [1.82, 2.24) is 9.27 Å². The lowest BCUT2D eigenvalue weighted by atomic mass is 10.0. The van der Waals surface area contributed by atoms with Gasteiger partial charge in [-0.3, -0.25) is 5.32 Å². The van der Waals surface area contributed by atoms with Crippen LogP contribution in [-0.2, 0) is 4.74 Å². The molecular formula is C18H21N3O4S. The number of nitrogens with one attached hydrogen (secondary N) is 1. The van der Waals surface area contributed by atoms with Crippen molar-refractivity contribution in [2.75, 3.05) is 26.1 Å². The number of benzene rings is 1. The van der Waals surface area contributed by atoms with Gasteiger partial charge in [-0.15, -0.1) is 0 Å². The van der Waals surface area contributed by atoms with E-state index >= 15 is 0 Å². The number of anilines is 1. The number of nitrogens with zero attached hydrogens (tertiary/aromatic N) is 2. The van der Waals surface area contributed by atoms with Gasteiger partial charge in [-0.05, 0) is 49.0 Å². The third kappa shape index (κ3) is 3.50. The van der Waals surface area contributed by atoms with Crippen LogP contribution in [0.25, 0.3) is 0 Å². The highest BCUT2D eigenvalue weighted by Crippen LogP contribution is 2.34. The number of likely N-dealkylation sites (tertiary alicyclic amines) is 1. The van der Waals surface area contributed by atoms with Crippen molar-refractivity contribution >= 4 is 28.5 Å². The second-order valence-electron chi connectivity index (χ2n) is 6.02. The molecule has 1 aliphatic heterocycles. The third-order valence-corrected chi connectivity index (χ3v) is 5.32. The first-order valence-electron chi connectivity index (χ1n) is 8.31. The van der Waals surface area contributed by atoms with Gasteiger partial charge in [-0.25, -0.2) is 9.59 Å². The molecule has 2 aromatic rings. The predicted octanol–water partition coefficient (Wildman–Crippen LogP) is 3.62. The lowest BCUT2D eigenvalue weighted by Gasteiger charge is -2.25. The minimum Gasteiger partial charge on any atom is -0.497 e. The molecule has 0 aliphatic carbocycles. The van der Waals surface area contributed by atoms with Gasteiger partial charge in [-0.2, -0.15) is 4.37 Å². The van der Waals surface area contributed by atoms with Crippen molar-refractivity contribution in [1.29, 1.82) is 0 Å². The van der Waals surface area contributed by atoms with Crippen molar-refractivity contribution in [3.05, 3.63) is 41.1 Å². The molecule has 1 saturated heterocycles. The Morgan fingerprint density at radius 2 is 2.15 bits per heavy atom. The summed E-state index contributed by atoms with van der Waals surface area (Å²) in [6.45, 7) is 2.37. The number of methoxy groups -OCH3 is 2. The van der Waals surface area contributed by atoms with Crippen LogP contribution in [0, 0.1) is 6.92 Å². The standard InChI is InChI=1S/C18H21N3O4S/c1-11-15(17(22)25-3)16(26-20-11)19-18(23)21-9-5-8-14(21)12-6-4-7-13(10-12)24-2/h4,6-7,10,14H,5,8-9H2,1-3H3,(H,19,23)/t14-/m1/s1. The maximum absolute atomic E-state index is 12.8. The molecule has 138 valence electrons. The Morgan fingerprint density at radius 1 is 1.35 bits per heavy atom. The normalized spacial score (nSPS) is 16.4. The van der Waals surface area contributed by atoms with Crippen LogP contribution in [0.1, 0.15) is 40.5 Å². The van der Waals surface area contributed by atoms with Crippen LogP contribution in [0.4, 0.5) is 9.80 Å². The number of hydrogen-bond acceptors (Lipinski definition) is 6. The highest BCUT2D eigenvalue weighted by atomic mass is 32.1. The number of aryl methyl sites for hydroxylation is 1. The van der Waals surface area contributed by atoms with E-state index in [0.717, 1.165) is 35.7 Å². The van der Waals surface area contributed by atoms with Gasteiger partial charge >= 0.3 is 12.0 Å². The topological polar surface area (TPSA) is 80.8 Å². The van der Waals surface area contributed by atoms with Gasteiger partial charge in [0.2, 0.25) is 0 Å². The summed E-state index contributed by atoms with van der Waals surface area (Å²) in [6, 6.07) is 7.48. The van der Waals surface area contributed by atoms with Crippen LogP contribution < -0.4 is 10.1 Å². The Morgan fingerprint density at radius 3 is 2.88 bits per heavy atom. The van der Waals surface area contributed by atoms with Gasteiger partial charge < -0.3 is 14.4 Å². The summed E-state index contributed by atoms with van der Waals surface area (Å²) in [6.07, 6.45) is 1.80. The first-order valence-corrected chi connectivity index (χ1v) is 9.08. The maximum Gasteiger partial charge on any atom is 0.342 e. The minimum atomic E-state index is -0.502. The average molecular weight is 375 g/mol. The Balaban J connectivity index is 1.80. The van der Waals surface area contributed by atoms with Crippen LogP contribution in [0.5, 0.6) is 5.75 Å². The monoisotopic (exact) mass is 375 g/mol. The SMILES string of the molecule is COC(=O)c1c(C)nsc1NC(=O)N1CCC[C@@H]1c1cccc(OC)c1. The number of carbonyl (C=O) groups is 2. The zero-order chi connectivity index (χ0) is 18.7. The molecule has 0 unspecified atom stereocenters. The van der Waals surface area contributed by atoms with Crippen molar-refractivity contribution < 1.29 is 19.1 Å². The molecule has 3 rings (SSSR count). The van der Waals surface area contributed by atoms with E-state index in [1.165, 1.54) is 7.11 Å². The molecule has 26 heavy (non-hydrogen) atoms. The highest BCUT2D eigenvalue weighted by molar-refractivity contribution is 7.11. The largest absolute Gasteiger partial charge is 0.497 e. The van der Waals surface area contributed by atoms with Crippen molar-refractivity contribution in [2.24, 2.45) is 0 Å². The molecule has 0 bridgehead atoms. The fourth-order valence-corrected chi connectivity index (χ4v) is 3.95. The molecule has 1 aromatic carbocycles. The number of aromatic nitrogens is 1. The van der Waals surface area contributed by atoms with Crippen molar-refractivity contribution in [2.45, 2.75) is 25.8 Å². The van der Waals surface area contributed by atoms with Gasteiger partial charge in [0.1, 0.15) is 16.3 Å². The number of urea groups is 1. The summed E-state index contributed by atoms with van der Waals surface area (Å²) < 4.78 is 14.2. The molecule has 8 heteroatoms. The Kier molecular flexibility index (Phi) is 5.41. The molecule has 1 aliphatic rings. The van der Waals surface area contributed by atoms with E-state index in [2.05, 4.69) is 9.69 Å². The number of carbonyl (C=O) groups excluding carboxylic acids is 2. The lowest BCUT2D eigenvalue weighted by Crippen LogP contribution is -2.34. The van der Waals surface area contributed by atoms with E-state index < -0.39 is 5.97 Å². The number of hydrogen-bond donors (Lipinski definition) is 1. The summed E-state index contributed by atoms with van der Waals surface area (Å²) in [4.78, 5) is 26.6. The third-order valence-electron chi connectivity index (χ3n) is 4.46. The van der Waals surface area contributed by atoms with Crippen molar-refractivity contribution in [3.8, 4) is 5.75 Å². The molecule has 1 fully saturated rings. The minimum absolute atomic E-state index is 0.0271. The van der Waals surface area contributed by atoms with Gasteiger partial charge in [0.25, 0.3) is 0 Å². The Labute approximate surface area is 156 Å². The smallest absolute Gasteiger partial charge is 0.342 e. The number of ether oxygens (including phenoxy) is 2. The van der Waals surface area contributed by atoms with Gasteiger partial charge in [0, 0.05) is 6.54 Å². The average Bonchev–Trinajstić information content (AvgIpc) is 3.28. The molecule has 0 radical (unpaired) electrons. The molecule has 0 spiro atoms. The second-order valence-corrected chi connectivity index (χ2v) is 6.80. The van der Waals surface area contributed by atoms with Crippen LogP contribution >= 0.6 is 11.5 Å². The van der Waals surface area contributed by atoms with E-state index in [0.29, 0.717) is 22.8 Å². The van der Waals surface area contributed by atoms with Crippen molar-refractivity contribution in [3.63, 3.8) is 0 Å². The molecule has 1 atom stereocenters. The molecule has 0 saturated carbocycles. The van der Waals surface area contributed by atoms with Gasteiger partial charge in [0.05, 0.1) is 26.0 Å². The molecule has 7 nitrogen and oxygen atoms in total. The number of amides is 2. The maximum atomic E-state index is 12.8. The predicted molar refractivity (Wildman–Crippen MR) is 98.9 cm³/mol. The first-order chi connectivity index (χ1) is 12.5. The second kappa shape index (κ2) is 7.74. The molecular weight excluding hydrogens is 354 g/mol. The Bertz CT molecular complexity index is 821. The number of esters is 1. The van der Waals surface area contributed by atoms with Gasteiger partial charge in [-0.1, -0.05) is 12.1 Å². The van der Waals surface area contributed by atoms with Crippen LogP contribution in [-0.4, -0.2) is 42.0 Å². The van der Waals surface area contributed by atoms with Crippen LogP contribution in [0.15, 0.2) is 24.3 Å². The van der Waals surface area contributed by atoms with E-state index in [4.69, 9.17) is 9.47 Å². The zero-order valence-electron chi connectivity index (χ0n) is 14.9. The summed E-state index contributed by atoms with van der Waals surface area (Å²) in [5.74, 6) is 0.262. The number of rotatable bonds is 4. The summed E-state index contributed by atoms with van der Waals surface area (Å²) in [5.41, 5.74) is 1.89. The fourth-order valence-electron chi connectivity index (χ4n) is 3.17. The van der Waals surface area contributed by atoms with Crippen LogP contribution in [0.2, 0.25) is 0 Å². The van der Waals surface area contributed by atoms with E-state index in [1.54, 1.807) is 18.9 Å². The molecule has 2 amide bonds. The first kappa shape index (κ1) is 18.2. The Hall–Kier alpha value is -2.61. The summed E-state index contributed by atoms with van der Waals surface area (Å²) in [5, 5.41) is 3.24. The van der Waals surface area contributed by atoms with E-state index in [1.807, 2.05) is 24.3 Å². The van der Waals surface area contributed by atoms with E-state index in [-0.39, 0.29) is 12.1 Å². The zero-order valence-corrected chi connectivity index (χ0v) is 15.8. The highest BCUT2D eigenvalue weighted by Gasteiger charge is 2.31. The molecule has 1 aromatic heterocycles. The molecule has 2 heterocycles.